The van der Waals surface area contributed by atoms with Crippen molar-refractivity contribution in [1.29, 1.82) is 0 Å². The highest BCUT2D eigenvalue weighted by Crippen LogP contribution is 2.30. The Morgan fingerprint density at radius 2 is 2.05 bits per heavy atom. The van der Waals surface area contributed by atoms with Crippen LogP contribution in [-0.2, 0) is 11.2 Å². The van der Waals surface area contributed by atoms with Crippen molar-refractivity contribution in [1.82, 2.24) is 0 Å². The predicted molar refractivity (Wildman–Crippen MR) is 77.2 cm³/mol. The maximum absolute atomic E-state index is 9.68. The standard InChI is InChI=1S/C17H18O3/c1-12-15(18)7-4-8-16(12)20-11-17-14-6-3-2-5-13(14)9-10-19-17/h2-8,17-18H,9-11H2,1H3. The number of fused-ring (bicyclic) bond motifs is 1. The van der Waals surface area contributed by atoms with Crippen molar-refractivity contribution >= 4 is 0 Å². The maximum Gasteiger partial charge on any atom is 0.126 e. The van der Waals surface area contributed by atoms with E-state index in [1.807, 2.05) is 19.1 Å². The SMILES string of the molecule is Cc1c(O)cccc1OCC1OCCc2ccccc21. The molecule has 20 heavy (non-hydrogen) atoms. The van der Waals surface area contributed by atoms with Gasteiger partial charge in [-0.05, 0) is 36.6 Å². The van der Waals surface area contributed by atoms with Gasteiger partial charge in [-0.2, -0.15) is 0 Å². The number of phenolic OH excluding ortho intramolecular Hbond substituents is 1. The summed E-state index contributed by atoms with van der Waals surface area (Å²) < 4.78 is 11.6. The summed E-state index contributed by atoms with van der Waals surface area (Å²) in [5.74, 6) is 0.962. The highest BCUT2D eigenvalue weighted by Gasteiger charge is 2.21. The van der Waals surface area contributed by atoms with Gasteiger partial charge in [0.05, 0.1) is 6.61 Å². The number of ether oxygens (including phenoxy) is 2. The Kier molecular flexibility index (Phi) is 3.61. The molecule has 1 aliphatic rings. The summed E-state index contributed by atoms with van der Waals surface area (Å²) in [6, 6.07) is 13.6. The first-order valence-electron chi connectivity index (χ1n) is 6.86. The molecule has 0 aliphatic carbocycles. The fourth-order valence-electron chi connectivity index (χ4n) is 2.54. The summed E-state index contributed by atoms with van der Waals surface area (Å²) in [4.78, 5) is 0. The van der Waals surface area contributed by atoms with Gasteiger partial charge in [-0.1, -0.05) is 30.3 Å². The third-order valence-corrected chi connectivity index (χ3v) is 3.74. The molecule has 1 heterocycles. The maximum atomic E-state index is 9.68. The van der Waals surface area contributed by atoms with Gasteiger partial charge in [0.25, 0.3) is 0 Å². The van der Waals surface area contributed by atoms with Crippen LogP contribution in [0.1, 0.15) is 22.8 Å². The molecule has 0 aromatic heterocycles. The summed E-state index contributed by atoms with van der Waals surface area (Å²) in [5, 5.41) is 9.68. The van der Waals surface area contributed by atoms with Crippen molar-refractivity contribution in [3.8, 4) is 11.5 Å². The van der Waals surface area contributed by atoms with E-state index in [2.05, 4.69) is 18.2 Å². The molecule has 1 unspecified atom stereocenters. The lowest BCUT2D eigenvalue weighted by Crippen LogP contribution is -2.21. The van der Waals surface area contributed by atoms with Crippen LogP contribution in [0.5, 0.6) is 11.5 Å². The van der Waals surface area contributed by atoms with Crippen molar-refractivity contribution in [2.24, 2.45) is 0 Å². The van der Waals surface area contributed by atoms with Gasteiger partial charge in [0.1, 0.15) is 24.2 Å². The van der Waals surface area contributed by atoms with Crippen LogP contribution in [0.15, 0.2) is 42.5 Å². The number of rotatable bonds is 3. The van der Waals surface area contributed by atoms with Crippen molar-refractivity contribution in [2.75, 3.05) is 13.2 Å². The zero-order valence-corrected chi connectivity index (χ0v) is 11.5. The fraction of sp³-hybridized carbons (Fsp3) is 0.294. The van der Waals surface area contributed by atoms with E-state index in [9.17, 15) is 5.11 Å². The van der Waals surface area contributed by atoms with Crippen LogP contribution in [0.4, 0.5) is 0 Å². The lowest BCUT2D eigenvalue weighted by Gasteiger charge is -2.26. The first-order chi connectivity index (χ1) is 9.75. The number of benzene rings is 2. The van der Waals surface area contributed by atoms with Crippen LogP contribution >= 0.6 is 0 Å². The van der Waals surface area contributed by atoms with Gasteiger partial charge in [0, 0.05) is 5.56 Å². The molecule has 1 N–H and O–H groups in total. The van der Waals surface area contributed by atoms with Crippen molar-refractivity contribution in [3.63, 3.8) is 0 Å². The molecule has 3 nitrogen and oxygen atoms in total. The molecule has 0 saturated carbocycles. The zero-order chi connectivity index (χ0) is 13.9. The average molecular weight is 270 g/mol. The molecule has 0 amide bonds. The first kappa shape index (κ1) is 13.0. The molecule has 2 aromatic rings. The molecule has 1 aliphatic heterocycles. The van der Waals surface area contributed by atoms with Crippen LogP contribution in [0, 0.1) is 6.92 Å². The second kappa shape index (κ2) is 5.55. The zero-order valence-electron chi connectivity index (χ0n) is 11.5. The van der Waals surface area contributed by atoms with E-state index in [0.29, 0.717) is 12.4 Å². The Hall–Kier alpha value is -2.00. The minimum absolute atomic E-state index is 0.0401. The summed E-state index contributed by atoms with van der Waals surface area (Å²) >= 11 is 0. The van der Waals surface area contributed by atoms with E-state index in [4.69, 9.17) is 9.47 Å². The Morgan fingerprint density at radius 1 is 1.20 bits per heavy atom. The lowest BCUT2D eigenvalue weighted by molar-refractivity contribution is 0.01000. The molecule has 104 valence electrons. The highest BCUT2D eigenvalue weighted by molar-refractivity contribution is 5.42. The molecular formula is C17H18O3. The molecule has 1 atom stereocenters. The number of aromatic hydroxyl groups is 1. The number of phenols is 1. The van der Waals surface area contributed by atoms with E-state index < -0.39 is 0 Å². The minimum atomic E-state index is -0.0401. The third kappa shape index (κ3) is 2.49. The second-order valence-electron chi connectivity index (χ2n) is 5.02. The first-order valence-corrected chi connectivity index (χ1v) is 6.86. The van der Waals surface area contributed by atoms with Gasteiger partial charge in [-0.15, -0.1) is 0 Å². The van der Waals surface area contributed by atoms with Crippen LogP contribution in [0.2, 0.25) is 0 Å². The van der Waals surface area contributed by atoms with E-state index in [0.717, 1.165) is 18.6 Å². The van der Waals surface area contributed by atoms with E-state index in [-0.39, 0.29) is 11.9 Å². The molecule has 0 bridgehead atoms. The normalized spacial score (nSPS) is 17.6. The highest BCUT2D eigenvalue weighted by atomic mass is 16.5. The summed E-state index contributed by atoms with van der Waals surface area (Å²) in [6.07, 6.45) is 0.916. The monoisotopic (exact) mass is 270 g/mol. The summed E-state index contributed by atoms with van der Waals surface area (Å²) in [7, 11) is 0. The van der Waals surface area contributed by atoms with Crippen molar-refractivity contribution < 1.29 is 14.6 Å². The topological polar surface area (TPSA) is 38.7 Å². The van der Waals surface area contributed by atoms with E-state index in [1.54, 1.807) is 12.1 Å². The van der Waals surface area contributed by atoms with Crippen LogP contribution in [0.25, 0.3) is 0 Å². The molecule has 3 rings (SSSR count). The third-order valence-electron chi connectivity index (χ3n) is 3.74. The Bertz CT molecular complexity index is 607. The lowest BCUT2D eigenvalue weighted by atomic mass is 9.98. The van der Waals surface area contributed by atoms with E-state index in [1.165, 1.54) is 11.1 Å². The average Bonchev–Trinajstić information content (AvgIpc) is 2.49. The quantitative estimate of drug-likeness (QED) is 0.929. The van der Waals surface area contributed by atoms with Gasteiger partial charge in [0.2, 0.25) is 0 Å². The van der Waals surface area contributed by atoms with Gasteiger partial charge in [-0.3, -0.25) is 0 Å². The Balaban J connectivity index is 1.75. The smallest absolute Gasteiger partial charge is 0.126 e. The molecule has 0 radical (unpaired) electrons. The van der Waals surface area contributed by atoms with Gasteiger partial charge in [0.15, 0.2) is 0 Å². The number of hydrogen-bond acceptors (Lipinski definition) is 3. The van der Waals surface area contributed by atoms with Crippen LogP contribution < -0.4 is 4.74 Å². The molecule has 0 spiro atoms. The molecule has 2 aromatic carbocycles. The molecule has 3 heteroatoms. The van der Waals surface area contributed by atoms with Gasteiger partial charge >= 0.3 is 0 Å². The number of hydrogen-bond donors (Lipinski definition) is 1. The van der Waals surface area contributed by atoms with E-state index >= 15 is 0 Å². The van der Waals surface area contributed by atoms with Crippen LogP contribution in [-0.4, -0.2) is 18.3 Å². The Labute approximate surface area is 118 Å². The second-order valence-corrected chi connectivity index (χ2v) is 5.02. The molecule has 0 fully saturated rings. The van der Waals surface area contributed by atoms with Gasteiger partial charge in [-0.25, -0.2) is 0 Å². The predicted octanol–water partition coefficient (Wildman–Crippen LogP) is 3.39. The van der Waals surface area contributed by atoms with Crippen molar-refractivity contribution in [2.45, 2.75) is 19.4 Å². The minimum Gasteiger partial charge on any atom is -0.508 e. The molecule has 0 saturated heterocycles. The Morgan fingerprint density at radius 3 is 2.95 bits per heavy atom. The van der Waals surface area contributed by atoms with Crippen molar-refractivity contribution in [3.05, 3.63) is 59.2 Å². The summed E-state index contributed by atoms with van der Waals surface area (Å²) in [5.41, 5.74) is 3.30. The summed E-state index contributed by atoms with van der Waals surface area (Å²) in [6.45, 7) is 3.03. The fourth-order valence-corrected chi connectivity index (χ4v) is 2.54. The molecular weight excluding hydrogens is 252 g/mol. The largest absolute Gasteiger partial charge is 0.508 e. The van der Waals surface area contributed by atoms with Gasteiger partial charge < -0.3 is 14.6 Å². The van der Waals surface area contributed by atoms with Crippen LogP contribution in [0.3, 0.4) is 0 Å².